The van der Waals surface area contributed by atoms with E-state index in [1.54, 1.807) is 12.1 Å². The Morgan fingerprint density at radius 3 is 2.48 bits per heavy atom. The lowest BCUT2D eigenvalue weighted by molar-refractivity contribution is -0.118. The first-order valence-electron chi connectivity index (χ1n) is 8.16. The van der Waals surface area contributed by atoms with Crippen LogP contribution in [0.5, 0.6) is 5.75 Å². The normalized spacial score (nSPS) is 11.4. The van der Waals surface area contributed by atoms with E-state index in [9.17, 15) is 10.1 Å². The number of ether oxygens (including phenoxy) is 1. The fraction of sp³-hybridized carbons (Fsp3) is 0.300. The van der Waals surface area contributed by atoms with Crippen molar-refractivity contribution in [3.8, 4) is 11.8 Å². The fourth-order valence-corrected chi connectivity index (χ4v) is 2.58. The number of anilines is 1. The fourth-order valence-electron chi connectivity index (χ4n) is 2.47. The largest absolute Gasteiger partial charge is 0.494 e. The molecule has 0 bridgehead atoms. The molecule has 0 fully saturated rings. The summed E-state index contributed by atoms with van der Waals surface area (Å²) < 4.78 is 5.72. The zero-order valence-electron chi connectivity index (χ0n) is 14.4. The molecule has 4 nitrogen and oxygen atoms in total. The highest BCUT2D eigenvalue weighted by Gasteiger charge is 2.17. The summed E-state index contributed by atoms with van der Waals surface area (Å²) in [6.07, 6.45) is 1.06. The van der Waals surface area contributed by atoms with Gasteiger partial charge in [-0.1, -0.05) is 29.8 Å². The standard InChI is InChI=1S/C20H21ClN2O2/c1-14-11-18(12-15(2)19(14)21)25-10-6-7-16(13-22)20(24)23-17-8-4-3-5-9-17/h3-5,8-9,11-12,16H,6-7,10H2,1-2H3,(H,23,24). The van der Waals surface area contributed by atoms with Crippen LogP contribution >= 0.6 is 11.6 Å². The van der Waals surface area contributed by atoms with Crippen molar-refractivity contribution in [1.82, 2.24) is 0 Å². The number of hydrogen-bond donors (Lipinski definition) is 1. The molecule has 130 valence electrons. The van der Waals surface area contributed by atoms with Crippen molar-refractivity contribution in [2.75, 3.05) is 11.9 Å². The summed E-state index contributed by atoms with van der Waals surface area (Å²) in [7, 11) is 0. The summed E-state index contributed by atoms with van der Waals surface area (Å²) in [5.41, 5.74) is 2.62. The van der Waals surface area contributed by atoms with E-state index in [4.69, 9.17) is 16.3 Å². The number of nitrogens with one attached hydrogen (secondary N) is 1. The van der Waals surface area contributed by atoms with Gasteiger partial charge in [0.25, 0.3) is 0 Å². The minimum atomic E-state index is -0.697. The molecule has 0 aliphatic heterocycles. The second-order valence-electron chi connectivity index (χ2n) is 5.90. The van der Waals surface area contributed by atoms with Gasteiger partial charge in [0.05, 0.1) is 12.7 Å². The summed E-state index contributed by atoms with van der Waals surface area (Å²) in [6, 6.07) is 15.0. The lowest BCUT2D eigenvalue weighted by atomic mass is 10.0. The van der Waals surface area contributed by atoms with Crippen LogP contribution in [0.15, 0.2) is 42.5 Å². The van der Waals surface area contributed by atoms with Crippen LogP contribution in [0, 0.1) is 31.1 Å². The van der Waals surface area contributed by atoms with Gasteiger partial charge in [0, 0.05) is 10.7 Å². The number of carbonyl (C=O) groups is 1. The molecule has 2 aromatic carbocycles. The Morgan fingerprint density at radius 2 is 1.88 bits per heavy atom. The molecule has 2 rings (SSSR count). The minimum absolute atomic E-state index is 0.285. The lowest BCUT2D eigenvalue weighted by Crippen LogP contribution is -2.22. The molecular formula is C20H21ClN2O2. The summed E-state index contributed by atoms with van der Waals surface area (Å²) in [4.78, 5) is 12.1. The Balaban J connectivity index is 1.81. The van der Waals surface area contributed by atoms with Gasteiger partial charge in [-0.25, -0.2) is 0 Å². The Hall–Kier alpha value is -2.51. The molecule has 0 aliphatic rings. The Labute approximate surface area is 153 Å². The third-order valence-corrected chi connectivity index (χ3v) is 4.43. The maximum atomic E-state index is 12.1. The smallest absolute Gasteiger partial charge is 0.241 e. The third-order valence-electron chi connectivity index (χ3n) is 3.83. The number of para-hydroxylation sites is 1. The molecule has 1 unspecified atom stereocenters. The quantitative estimate of drug-likeness (QED) is 0.718. The van der Waals surface area contributed by atoms with Crippen LogP contribution in [-0.4, -0.2) is 12.5 Å². The van der Waals surface area contributed by atoms with Crippen molar-refractivity contribution >= 4 is 23.2 Å². The SMILES string of the molecule is Cc1cc(OCCCC(C#N)C(=O)Nc2ccccc2)cc(C)c1Cl. The van der Waals surface area contributed by atoms with E-state index in [1.807, 2.05) is 44.2 Å². The summed E-state index contributed by atoms with van der Waals surface area (Å²) in [6.45, 7) is 4.31. The van der Waals surface area contributed by atoms with Gasteiger partial charge in [0.15, 0.2) is 0 Å². The third kappa shape index (κ3) is 5.51. The number of halogens is 1. The first kappa shape index (κ1) is 18.8. The van der Waals surface area contributed by atoms with E-state index < -0.39 is 5.92 Å². The number of hydrogen-bond acceptors (Lipinski definition) is 3. The summed E-state index contributed by atoms with van der Waals surface area (Å²) >= 11 is 6.14. The molecule has 1 amide bonds. The number of benzene rings is 2. The van der Waals surface area contributed by atoms with Gasteiger partial charge in [0.1, 0.15) is 11.7 Å². The number of nitriles is 1. The van der Waals surface area contributed by atoms with Gasteiger partial charge in [-0.05, 0) is 62.1 Å². The zero-order chi connectivity index (χ0) is 18.2. The highest BCUT2D eigenvalue weighted by Crippen LogP contribution is 2.26. The number of nitrogens with zero attached hydrogens (tertiary/aromatic N) is 1. The molecule has 2 aromatic rings. The van der Waals surface area contributed by atoms with Gasteiger partial charge in [-0.3, -0.25) is 4.79 Å². The van der Waals surface area contributed by atoms with E-state index in [0.717, 1.165) is 21.9 Å². The van der Waals surface area contributed by atoms with Crippen molar-refractivity contribution < 1.29 is 9.53 Å². The molecule has 0 saturated carbocycles. The van der Waals surface area contributed by atoms with Crippen LogP contribution in [0.2, 0.25) is 5.02 Å². The van der Waals surface area contributed by atoms with Gasteiger partial charge >= 0.3 is 0 Å². The number of amides is 1. The minimum Gasteiger partial charge on any atom is -0.494 e. The summed E-state index contributed by atoms with van der Waals surface area (Å²) in [5, 5.41) is 12.7. The van der Waals surface area contributed by atoms with Crippen molar-refractivity contribution in [2.45, 2.75) is 26.7 Å². The highest BCUT2D eigenvalue weighted by atomic mass is 35.5. The van der Waals surface area contributed by atoms with Crippen LogP contribution in [0.4, 0.5) is 5.69 Å². The maximum Gasteiger partial charge on any atom is 0.241 e. The summed E-state index contributed by atoms with van der Waals surface area (Å²) in [5.74, 6) is -0.231. The van der Waals surface area contributed by atoms with E-state index in [-0.39, 0.29) is 5.91 Å². The van der Waals surface area contributed by atoms with Crippen LogP contribution in [0.3, 0.4) is 0 Å². The van der Waals surface area contributed by atoms with Crippen molar-refractivity contribution in [3.63, 3.8) is 0 Å². The van der Waals surface area contributed by atoms with Crippen molar-refractivity contribution in [2.24, 2.45) is 5.92 Å². The van der Waals surface area contributed by atoms with E-state index in [1.165, 1.54) is 0 Å². The van der Waals surface area contributed by atoms with Gasteiger partial charge in [-0.15, -0.1) is 0 Å². The van der Waals surface area contributed by atoms with Crippen LogP contribution in [0.25, 0.3) is 0 Å². The van der Waals surface area contributed by atoms with Gasteiger partial charge in [0.2, 0.25) is 5.91 Å². The first-order valence-corrected chi connectivity index (χ1v) is 8.54. The Morgan fingerprint density at radius 1 is 1.24 bits per heavy atom. The molecule has 0 saturated heterocycles. The predicted molar refractivity (Wildman–Crippen MR) is 99.8 cm³/mol. The second-order valence-corrected chi connectivity index (χ2v) is 6.28. The van der Waals surface area contributed by atoms with Crippen LogP contribution in [-0.2, 0) is 4.79 Å². The highest BCUT2D eigenvalue weighted by molar-refractivity contribution is 6.32. The second kappa shape index (κ2) is 9.10. The van der Waals surface area contributed by atoms with Gasteiger partial charge in [-0.2, -0.15) is 5.26 Å². The van der Waals surface area contributed by atoms with Crippen LogP contribution in [0.1, 0.15) is 24.0 Å². The van der Waals surface area contributed by atoms with E-state index >= 15 is 0 Å². The molecular weight excluding hydrogens is 336 g/mol. The predicted octanol–water partition coefficient (Wildman–Crippen LogP) is 4.89. The molecule has 1 N–H and O–H groups in total. The van der Waals surface area contributed by atoms with Crippen molar-refractivity contribution in [3.05, 3.63) is 58.6 Å². The van der Waals surface area contributed by atoms with Crippen LogP contribution < -0.4 is 10.1 Å². The molecule has 1 atom stereocenters. The molecule has 0 aliphatic carbocycles. The zero-order valence-corrected chi connectivity index (χ0v) is 15.1. The maximum absolute atomic E-state index is 12.1. The molecule has 0 aromatic heterocycles. The molecule has 25 heavy (non-hydrogen) atoms. The number of aryl methyl sites for hydroxylation is 2. The molecule has 0 heterocycles. The molecule has 5 heteroatoms. The van der Waals surface area contributed by atoms with E-state index in [2.05, 4.69) is 11.4 Å². The van der Waals surface area contributed by atoms with Crippen molar-refractivity contribution in [1.29, 1.82) is 5.26 Å². The first-order chi connectivity index (χ1) is 12.0. The topological polar surface area (TPSA) is 62.1 Å². The Bertz CT molecular complexity index is 746. The van der Waals surface area contributed by atoms with E-state index in [0.29, 0.717) is 25.1 Å². The monoisotopic (exact) mass is 356 g/mol. The lowest BCUT2D eigenvalue weighted by Gasteiger charge is -2.12. The number of carbonyl (C=O) groups excluding carboxylic acids is 1. The van der Waals surface area contributed by atoms with Gasteiger partial charge < -0.3 is 10.1 Å². The average molecular weight is 357 g/mol. The average Bonchev–Trinajstić information content (AvgIpc) is 2.60. The number of rotatable bonds is 7. The Kier molecular flexibility index (Phi) is 6.85. The molecule has 0 radical (unpaired) electrons. The molecule has 0 spiro atoms.